The second-order valence-electron chi connectivity index (χ2n) is 5.19. The summed E-state index contributed by atoms with van der Waals surface area (Å²) in [6.45, 7) is 0.466. The van der Waals surface area contributed by atoms with Gasteiger partial charge in [-0.25, -0.2) is 0 Å². The number of hydrogen-bond donors (Lipinski definition) is 1. The molecule has 0 unspecified atom stereocenters. The van der Waals surface area contributed by atoms with Crippen LogP contribution in [0.25, 0.3) is 10.9 Å². The Hall–Kier alpha value is -2.66. The van der Waals surface area contributed by atoms with E-state index in [9.17, 15) is 4.79 Å². The molecule has 0 saturated heterocycles. The van der Waals surface area contributed by atoms with Gasteiger partial charge in [-0.15, -0.1) is 0 Å². The fourth-order valence-electron chi connectivity index (χ4n) is 2.32. The summed E-state index contributed by atoms with van der Waals surface area (Å²) in [6, 6.07) is 11.0. The van der Waals surface area contributed by atoms with E-state index in [4.69, 9.17) is 16.3 Å². The number of aromatic nitrogens is 2. The molecule has 0 atom stereocenters. The van der Waals surface area contributed by atoms with Crippen LogP contribution in [0.5, 0.6) is 5.75 Å². The van der Waals surface area contributed by atoms with Crippen molar-refractivity contribution in [3.05, 3.63) is 65.6 Å². The molecule has 0 aliphatic carbocycles. The van der Waals surface area contributed by atoms with Gasteiger partial charge >= 0.3 is 0 Å². The van der Waals surface area contributed by atoms with Crippen molar-refractivity contribution < 1.29 is 9.53 Å². The second-order valence-corrected chi connectivity index (χ2v) is 5.60. The van der Waals surface area contributed by atoms with E-state index >= 15 is 0 Å². The van der Waals surface area contributed by atoms with E-state index < -0.39 is 0 Å². The molecule has 1 aromatic carbocycles. The van der Waals surface area contributed by atoms with Crippen molar-refractivity contribution in [1.82, 2.24) is 15.3 Å². The molecule has 24 heavy (non-hydrogen) atoms. The third kappa shape index (κ3) is 4.00. The van der Waals surface area contributed by atoms with Crippen molar-refractivity contribution in [2.45, 2.75) is 6.42 Å². The number of nitrogens with zero attached hydrogens (tertiary/aromatic N) is 2. The van der Waals surface area contributed by atoms with Crippen LogP contribution >= 0.6 is 11.6 Å². The quantitative estimate of drug-likeness (QED) is 0.748. The standard InChI is InChI=1S/C18H16ClN3O2/c19-15-5-6-16(18-14(15)4-2-9-22-18)24-12-17(23)21-10-7-13-3-1-8-20-11-13/h1-6,8-9,11H,7,10,12H2,(H,21,23). The predicted octanol–water partition coefficient (Wildman–Crippen LogP) is 3.02. The Morgan fingerprint density at radius 3 is 2.88 bits per heavy atom. The van der Waals surface area contributed by atoms with Crippen molar-refractivity contribution in [3.63, 3.8) is 0 Å². The molecule has 0 aliphatic rings. The average molecular weight is 342 g/mol. The van der Waals surface area contributed by atoms with Gasteiger partial charge in [-0.3, -0.25) is 14.8 Å². The molecule has 0 bridgehead atoms. The van der Waals surface area contributed by atoms with Crippen LogP contribution in [0.15, 0.2) is 55.0 Å². The van der Waals surface area contributed by atoms with E-state index in [-0.39, 0.29) is 12.5 Å². The van der Waals surface area contributed by atoms with Gasteiger partial charge in [0.2, 0.25) is 0 Å². The molecule has 3 aromatic rings. The van der Waals surface area contributed by atoms with Gasteiger partial charge in [0.25, 0.3) is 5.91 Å². The van der Waals surface area contributed by atoms with Gasteiger partial charge in [0.1, 0.15) is 11.3 Å². The Labute approximate surface area is 144 Å². The van der Waals surface area contributed by atoms with E-state index in [0.29, 0.717) is 22.8 Å². The molecule has 0 fully saturated rings. The zero-order chi connectivity index (χ0) is 16.8. The highest BCUT2D eigenvalue weighted by Gasteiger charge is 2.09. The highest BCUT2D eigenvalue weighted by molar-refractivity contribution is 6.35. The number of nitrogens with one attached hydrogen (secondary N) is 1. The number of amides is 1. The van der Waals surface area contributed by atoms with E-state index in [1.165, 1.54) is 0 Å². The number of carbonyl (C=O) groups excluding carboxylic acids is 1. The van der Waals surface area contributed by atoms with Gasteiger partial charge in [-0.05, 0) is 42.3 Å². The van der Waals surface area contributed by atoms with Crippen LogP contribution in [0, 0.1) is 0 Å². The molecular formula is C18H16ClN3O2. The summed E-state index contributed by atoms with van der Waals surface area (Å²) in [5.74, 6) is 0.357. The molecule has 122 valence electrons. The Bertz CT molecular complexity index is 840. The van der Waals surface area contributed by atoms with Gasteiger partial charge < -0.3 is 10.1 Å². The van der Waals surface area contributed by atoms with Crippen LogP contribution in [0.4, 0.5) is 0 Å². The summed E-state index contributed by atoms with van der Waals surface area (Å²) in [6.07, 6.45) is 5.90. The third-order valence-corrected chi connectivity index (χ3v) is 3.83. The third-order valence-electron chi connectivity index (χ3n) is 3.50. The maximum atomic E-state index is 11.9. The first kappa shape index (κ1) is 16.2. The van der Waals surface area contributed by atoms with Crippen molar-refractivity contribution >= 4 is 28.4 Å². The molecule has 0 radical (unpaired) electrons. The number of carbonyl (C=O) groups is 1. The smallest absolute Gasteiger partial charge is 0.257 e. The maximum Gasteiger partial charge on any atom is 0.257 e. The van der Waals surface area contributed by atoms with Crippen LogP contribution in [-0.2, 0) is 11.2 Å². The summed E-state index contributed by atoms with van der Waals surface area (Å²) in [4.78, 5) is 20.2. The van der Waals surface area contributed by atoms with Gasteiger partial charge in [0.05, 0.1) is 5.02 Å². The zero-order valence-corrected chi connectivity index (χ0v) is 13.7. The number of pyridine rings is 2. The number of rotatable bonds is 6. The molecule has 5 nitrogen and oxygen atoms in total. The lowest BCUT2D eigenvalue weighted by molar-refractivity contribution is -0.123. The predicted molar refractivity (Wildman–Crippen MR) is 93.2 cm³/mol. The van der Waals surface area contributed by atoms with Crippen LogP contribution in [0.3, 0.4) is 0 Å². The van der Waals surface area contributed by atoms with Crippen molar-refractivity contribution in [3.8, 4) is 5.75 Å². The highest BCUT2D eigenvalue weighted by atomic mass is 35.5. The first-order valence-electron chi connectivity index (χ1n) is 7.55. The van der Waals surface area contributed by atoms with E-state index in [0.717, 1.165) is 17.4 Å². The largest absolute Gasteiger partial charge is 0.481 e. The fourth-order valence-corrected chi connectivity index (χ4v) is 2.53. The van der Waals surface area contributed by atoms with Gasteiger partial charge in [0, 0.05) is 30.5 Å². The summed E-state index contributed by atoms with van der Waals surface area (Å²) < 4.78 is 5.59. The lowest BCUT2D eigenvalue weighted by Gasteiger charge is -2.10. The van der Waals surface area contributed by atoms with Crippen molar-refractivity contribution in [2.75, 3.05) is 13.2 Å². The van der Waals surface area contributed by atoms with Crippen LogP contribution in [-0.4, -0.2) is 29.0 Å². The SMILES string of the molecule is O=C(COc1ccc(Cl)c2cccnc12)NCCc1cccnc1. The first-order valence-corrected chi connectivity index (χ1v) is 7.93. The molecule has 1 amide bonds. The van der Waals surface area contributed by atoms with Gasteiger partial charge in [-0.2, -0.15) is 0 Å². The van der Waals surface area contributed by atoms with Gasteiger partial charge in [-0.1, -0.05) is 17.7 Å². The molecule has 0 saturated carbocycles. The minimum atomic E-state index is -0.182. The highest BCUT2D eigenvalue weighted by Crippen LogP contribution is 2.29. The van der Waals surface area contributed by atoms with Crippen molar-refractivity contribution in [1.29, 1.82) is 0 Å². The Morgan fingerprint density at radius 2 is 2.04 bits per heavy atom. The molecule has 2 aromatic heterocycles. The Kier molecular flexibility index (Phi) is 5.23. The minimum absolute atomic E-state index is 0.0691. The topological polar surface area (TPSA) is 64.1 Å². The monoisotopic (exact) mass is 341 g/mol. The number of hydrogen-bond acceptors (Lipinski definition) is 4. The summed E-state index contributed by atoms with van der Waals surface area (Å²) in [5, 5.41) is 4.23. The summed E-state index contributed by atoms with van der Waals surface area (Å²) >= 11 is 6.14. The zero-order valence-electron chi connectivity index (χ0n) is 12.9. The van der Waals surface area contributed by atoms with Gasteiger partial charge in [0.15, 0.2) is 6.61 Å². The van der Waals surface area contributed by atoms with Crippen LogP contribution in [0.2, 0.25) is 5.02 Å². The lowest BCUT2D eigenvalue weighted by Crippen LogP contribution is -2.30. The van der Waals surface area contributed by atoms with Crippen LogP contribution < -0.4 is 10.1 Å². The molecule has 2 heterocycles. The number of benzene rings is 1. The number of fused-ring (bicyclic) bond motifs is 1. The Morgan fingerprint density at radius 1 is 1.17 bits per heavy atom. The molecule has 0 spiro atoms. The first-order chi connectivity index (χ1) is 11.7. The molecule has 3 rings (SSSR count). The normalized spacial score (nSPS) is 10.5. The van der Waals surface area contributed by atoms with Crippen molar-refractivity contribution in [2.24, 2.45) is 0 Å². The average Bonchev–Trinajstić information content (AvgIpc) is 2.62. The number of halogens is 1. The summed E-state index contributed by atoms with van der Waals surface area (Å²) in [5.41, 5.74) is 1.72. The molecule has 1 N–H and O–H groups in total. The number of ether oxygens (including phenoxy) is 1. The fraction of sp³-hybridized carbons (Fsp3) is 0.167. The van der Waals surface area contributed by atoms with E-state index in [1.54, 1.807) is 30.7 Å². The second kappa shape index (κ2) is 7.75. The maximum absolute atomic E-state index is 11.9. The van der Waals surface area contributed by atoms with E-state index in [1.807, 2.05) is 24.3 Å². The van der Waals surface area contributed by atoms with Crippen LogP contribution in [0.1, 0.15) is 5.56 Å². The lowest BCUT2D eigenvalue weighted by atomic mass is 10.2. The summed E-state index contributed by atoms with van der Waals surface area (Å²) in [7, 11) is 0. The molecular weight excluding hydrogens is 326 g/mol. The minimum Gasteiger partial charge on any atom is -0.481 e. The Balaban J connectivity index is 1.54. The van der Waals surface area contributed by atoms with E-state index in [2.05, 4.69) is 15.3 Å². The molecule has 0 aliphatic heterocycles. The molecule has 6 heteroatoms.